The molecule has 1 aliphatic carbocycles. The molecule has 3 rings (SSSR count). The Labute approximate surface area is 101 Å². The second-order valence-electron chi connectivity index (χ2n) is 5.08. The lowest BCUT2D eigenvalue weighted by Gasteiger charge is -2.32. The summed E-state index contributed by atoms with van der Waals surface area (Å²) in [5, 5.41) is 0. The maximum Gasteiger partial charge on any atom is 0.0727 e. The zero-order chi connectivity index (χ0) is 11.0. The van der Waals surface area contributed by atoms with Crippen LogP contribution >= 0.6 is 11.3 Å². The van der Waals surface area contributed by atoms with Crippen LogP contribution in [0.1, 0.15) is 47.4 Å². The fourth-order valence-corrected chi connectivity index (χ4v) is 4.13. The van der Waals surface area contributed by atoms with Crippen LogP contribution in [0.3, 0.4) is 0 Å². The first-order valence-corrected chi connectivity index (χ1v) is 7.08. The summed E-state index contributed by atoms with van der Waals surface area (Å²) in [5.74, 6) is 0. The van der Waals surface area contributed by atoms with Crippen molar-refractivity contribution >= 4 is 11.3 Å². The number of nitrogens with two attached hydrogens (primary N) is 1. The van der Waals surface area contributed by atoms with Gasteiger partial charge >= 0.3 is 0 Å². The Morgan fingerprint density at radius 2 is 2.06 bits per heavy atom. The molecule has 0 amide bonds. The molecular weight excluding hydrogens is 218 g/mol. The van der Waals surface area contributed by atoms with Gasteiger partial charge in [0.2, 0.25) is 0 Å². The summed E-state index contributed by atoms with van der Waals surface area (Å²) in [5.41, 5.74) is 7.92. The number of hydrogen-bond donors (Lipinski definition) is 1. The van der Waals surface area contributed by atoms with Crippen LogP contribution in [-0.2, 0) is 23.3 Å². The third-order valence-electron chi connectivity index (χ3n) is 3.86. The monoisotopic (exact) mass is 237 g/mol. The Morgan fingerprint density at radius 3 is 2.81 bits per heavy atom. The van der Waals surface area contributed by atoms with Gasteiger partial charge in [-0.15, -0.1) is 11.3 Å². The zero-order valence-electron chi connectivity index (χ0n) is 9.63. The van der Waals surface area contributed by atoms with Crippen molar-refractivity contribution < 1.29 is 4.74 Å². The summed E-state index contributed by atoms with van der Waals surface area (Å²) in [6, 6.07) is 2.31. The molecule has 1 aromatic heterocycles. The van der Waals surface area contributed by atoms with Crippen LogP contribution in [0.25, 0.3) is 0 Å². The minimum atomic E-state index is -0.0275. The fourth-order valence-electron chi connectivity index (χ4n) is 2.82. The molecule has 0 saturated heterocycles. The van der Waals surface area contributed by atoms with E-state index in [0.717, 1.165) is 32.5 Å². The van der Waals surface area contributed by atoms with Crippen molar-refractivity contribution in [3.63, 3.8) is 0 Å². The first-order valence-electron chi connectivity index (χ1n) is 6.27. The molecule has 1 fully saturated rings. The lowest BCUT2D eigenvalue weighted by Crippen LogP contribution is -2.37. The van der Waals surface area contributed by atoms with E-state index in [2.05, 4.69) is 6.07 Å². The minimum Gasteiger partial charge on any atom is -0.376 e. The Morgan fingerprint density at radius 1 is 1.25 bits per heavy atom. The van der Waals surface area contributed by atoms with Crippen molar-refractivity contribution in [2.75, 3.05) is 6.61 Å². The molecule has 1 saturated carbocycles. The third-order valence-corrected chi connectivity index (χ3v) is 5.32. The van der Waals surface area contributed by atoms with Crippen LogP contribution in [0.2, 0.25) is 0 Å². The number of ether oxygens (including phenoxy) is 1. The van der Waals surface area contributed by atoms with Crippen LogP contribution < -0.4 is 5.73 Å². The Kier molecular flexibility index (Phi) is 2.78. The Hall–Kier alpha value is -0.380. The molecule has 0 atom stereocenters. The number of rotatable bonds is 1. The van der Waals surface area contributed by atoms with Crippen LogP contribution in [0, 0.1) is 0 Å². The van der Waals surface area contributed by atoms with Crippen molar-refractivity contribution in [2.24, 2.45) is 5.73 Å². The average molecular weight is 237 g/mol. The van der Waals surface area contributed by atoms with Gasteiger partial charge in [0.05, 0.1) is 18.8 Å². The standard InChI is InChI=1S/C13H19NOS/c14-13(5-2-1-3-6-13)12-8-10-9-15-7-4-11(10)16-12/h8H,1-7,9,14H2. The predicted octanol–water partition coefficient (Wildman–Crippen LogP) is 2.94. The molecule has 2 nitrogen and oxygen atoms in total. The van der Waals surface area contributed by atoms with E-state index in [1.807, 2.05) is 11.3 Å². The van der Waals surface area contributed by atoms with Gasteiger partial charge in [0.25, 0.3) is 0 Å². The van der Waals surface area contributed by atoms with Crippen molar-refractivity contribution in [1.29, 1.82) is 0 Å². The fraction of sp³-hybridized carbons (Fsp3) is 0.692. The second kappa shape index (κ2) is 4.13. The molecule has 2 N–H and O–H groups in total. The molecule has 0 aromatic carbocycles. The van der Waals surface area contributed by atoms with Gasteiger partial charge in [-0.1, -0.05) is 19.3 Å². The second-order valence-corrected chi connectivity index (χ2v) is 6.22. The summed E-state index contributed by atoms with van der Waals surface area (Å²) in [4.78, 5) is 2.92. The third kappa shape index (κ3) is 1.81. The van der Waals surface area contributed by atoms with Crippen molar-refractivity contribution in [2.45, 2.75) is 50.7 Å². The quantitative estimate of drug-likeness (QED) is 0.815. The summed E-state index contributed by atoms with van der Waals surface area (Å²) in [7, 11) is 0. The summed E-state index contributed by atoms with van der Waals surface area (Å²) in [6.07, 6.45) is 7.33. The predicted molar refractivity (Wildman–Crippen MR) is 66.6 cm³/mol. The molecule has 88 valence electrons. The van der Waals surface area contributed by atoms with Crippen LogP contribution in [-0.4, -0.2) is 6.61 Å². The van der Waals surface area contributed by atoms with Crippen LogP contribution in [0.15, 0.2) is 6.07 Å². The Balaban J connectivity index is 1.90. The highest BCUT2D eigenvalue weighted by Crippen LogP contribution is 2.40. The highest BCUT2D eigenvalue weighted by atomic mass is 32.1. The van der Waals surface area contributed by atoms with Crippen LogP contribution in [0.4, 0.5) is 0 Å². The minimum absolute atomic E-state index is 0.0275. The van der Waals surface area contributed by atoms with Gasteiger partial charge in [0.1, 0.15) is 0 Å². The van der Waals surface area contributed by atoms with Gasteiger partial charge in [-0.05, 0) is 24.5 Å². The van der Waals surface area contributed by atoms with Crippen molar-refractivity contribution in [1.82, 2.24) is 0 Å². The van der Waals surface area contributed by atoms with E-state index in [9.17, 15) is 0 Å². The number of fused-ring (bicyclic) bond motifs is 1. The average Bonchev–Trinajstić information content (AvgIpc) is 2.74. The molecule has 0 bridgehead atoms. The molecule has 16 heavy (non-hydrogen) atoms. The molecule has 3 heteroatoms. The molecule has 2 heterocycles. The molecule has 1 aliphatic heterocycles. The van der Waals surface area contributed by atoms with Gasteiger partial charge in [-0.2, -0.15) is 0 Å². The van der Waals surface area contributed by atoms with E-state index < -0.39 is 0 Å². The van der Waals surface area contributed by atoms with Crippen molar-refractivity contribution in [3.05, 3.63) is 21.4 Å². The van der Waals surface area contributed by atoms with E-state index in [4.69, 9.17) is 10.5 Å². The molecule has 0 spiro atoms. The number of hydrogen-bond acceptors (Lipinski definition) is 3. The normalized spacial score (nSPS) is 24.1. The lowest BCUT2D eigenvalue weighted by molar-refractivity contribution is 0.112. The highest BCUT2D eigenvalue weighted by Gasteiger charge is 2.32. The zero-order valence-corrected chi connectivity index (χ0v) is 10.4. The summed E-state index contributed by atoms with van der Waals surface area (Å²) in [6.45, 7) is 1.67. The Bertz CT molecular complexity index is 356. The topological polar surface area (TPSA) is 35.2 Å². The van der Waals surface area contributed by atoms with E-state index in [-0.39, 0.29) is 5.54 Å². The van der Waals surface area contributed by atoms with E-state index >= 15 is 0 Å². The summed E-state index contributed by atoms with van der Waals surface area (Å²) >= 11 is 1.94. The van der Waals surface area contributed by atoms with Gasteiger partial charge in [-0.3, -0.25) is 0 Å². The maximum atomic E-state index is 6.56. The van der Waals surface area contributed by atoms with Gasteiger partial charge in [0.15, 0.2) is 0 Å². The van der Waals surface area contributed by atoms with E-state index in [1.54, 1.807) is 0 Å². The van der Waals surface area contributed by atoms with E-state index in [1.165, 1.54) is 34.6 Å². The molecular formula is C13H19NOS. The first-order chi connectivity index (χ1) is 7.78. The molecule has 1 aromatic rings. The van der Waals surface area contributed by atoms with Crippen LogP contribution in [0.5, 0.6) is 0 Å². The van der Waals surface area contributed by atoms with E-state index in [0.29, 0.717) is 0 Å². The SMILES string of the molecule is NC1(c2cc3c(s2)CCOC3)CCCCC1. The maximum absolute atomic E-state index is 6.56. The summed E-state index contributed by atoms with van der Waals surface area (Å²) < 4.78 is 5.50. The van der Waals surface area contributed by atoms with Gasteiger partial charge < -0.3 is 10.5 Å². The lowest BCUT2D eigenvalue weighted by atomic mass is 9.81. The number of thiophene rings is 1. The first kappa shape index (κ1) is 10.8. The van der Waals surface area contributed by atoms with Gasteiger partial charge in [-0.25, -0.2) is 0 Å². The molecule has 0 radical (unpaired) electrons. The van der Waals surface area contributed by atoms with Crippen molar-refractivity contribution in [3.8, 4) is 0 Å². The largest absolute Gasteiger partial charge is 0.376 e. The highest BCUT2D eigenvalue weighted by molar-refractivity contribution is 7.12. The van der Waals surface area contributed by atoms with Gasteiger partial charge in [0, 0.05) is 16.2 Å². The smallest absolute Gasteiger partial charge is 0.0727 e. The molecule has 2 aliphatic rings. The molecule has 0 unspecified atom stereocenters.